The fraction of sp³-hybridized carbons (Fsp3) is 0.348. The zero-order valence-corrected chi connectivity index (χ0v) is 20.3. The molecule has 0 fully saturated rings. The number of nitrogens with zero attached hydrogens (tertiary/aromatic N) is 2. The van der Waals surface area contributed by atoms with Gasteiger partial charge in [0.15, 0.2) is 4.80 Å². The number of halogens is 1. The van der Waals surface area contributed by atoms with Gasteiger partial charge in [0.05, 0.1) is 20.8 Å². The fourth-order valence-corrected chi connectivity index (χ4v) is 5.14. The number of aromatic nitrogens is 1. The van der Waals surface area contributed by atoms with Crippen molar-refractivity contribution in [3.05, 3.63) is 47.0 Å². The summed E-state index contributed by atoms with van der Waals surface area (Å²) in [6.45, 7) is 1.87. The van der Waals surface area contributed by atoms with E-state index in [0.29, 0.717) is 34.0 Å². The molecule has 0 saturated carbocycles. The third-order valence-electron chi connectivity index (χ3n) is 4.62. The molecule has 7 nitrogen and oxygen atoms in total. The van der Waals surface area contributed by atoms with Gasteiger partial charge in [-0.1, -0.05) is 11.3 Å². The molecule has 3 rings (SSSR count). The van der Waals surface area contributed by atoms with Crippen molar-refractivity contribution in [2.45, 2.75) is 31.2 Å². The lowest BCUT2D eigenvalue weighted by molar-refractivity contribution is -0.143. The van der Waals surface area contributed by atoms with E-state index in [1.165, 1.54) is 30.6 Å². The lowest BCUT2D eigenvalue weighted by atomic mass is 10.3. The number of ether oxygens (including phenoxy) is 3. The average molecular weight is 493 g/mol. The lowest BCUT2D eigenvalue weighted by Crippen LogP contribution is -2.23. The Hall–Kier alpha value is -2.85. The summed E-state index contributed by atoms with van der Waals surface area (Å²) in [6.07, 6.45) is 0.857. The maximum absolute atomic E-state index is 13.0. The van der Waals surface area contributed by atoms with Crippen molar-refractivity contribution in [2.24, 2.45) is 4.99 Å². The fourth-order valence-electron chi connectivity index (χ4n) is 3.13. The molecule has 0 atom stereocenters. The first-order valence-electron chi connectivity index (χ1n) is 10.3. The molecule has 2 aromatic carbocycles. The highest BCUT2D eigenvalue weighted by molar-refractivity contribution is 7.99. The first-order valence-corrected chi connectivity index (χ1v) is 12.1. The summed E-state index contributed by atoms with van der Waals surface area (Å²) in [7, 11) is 3.09. The molecule has 0 radical (unpaired) electrons. The van der Waals surface area contributed by atoms with E-state index in [0.717, 1.165) is 9.60 Å². The van der Waals surface area contributed by atoms with E-state index in [1.54, 1.807) is 54.6 Å². The number of carbonyl (C=O) groups excluding carboxylic acids is 2. The highest BCUT2D eigenvalue weighted by Gasteiger charge is 2.19. The van der Waals surface area contributed by atoms with E-state index < -0.39 is 5.97 Å². The average Bonchev–Trinajstić information content (AvgIpc) is 3.15. The summed E-state index contributed by atoms with van der Waals surface area (Å²) in [6, 6.07) is 9.76. The van der Waals surface area contributed by atoms with Crippen molar-refractivity contribution in [1.82, 2.24) is 4.57 Å². The molecule has 0 unspecified atom stereocenters. The summed E-state index contributed by atoms with van der Waals surface area (Å²) in [4.78, 5) is 30.5. The molecule has 33 heavy (non-hydrogen) atoms. The van der Waals surface area contributed by atoms with Crippen molar-refractivity contribution in [3.8, 4) is 11.5 Å². The largest absolute Gasteiger partial charge is 0.495 e. The molecule has 0 spiro atoms. The zero-order chi connectivity index (χ0) is 23.8. The highest BCUT2D eigenvalue weighted by Crippen LogP contribution is 2.35. The maximum Gasteiger partial charge on any atom is 0.326 e. The van der Waals surface area contributed by atoms with Crippen LogP contribution in [0.4, 0.5) is 4.39 Å². The van der Waals surface area contributed by atoms with Crippen molar-refractivity contribution in [1.29, 1.82) is 0 Å². The van der Waals surface area contributed by atoms with Crippen molar-refractivity contribution in [3.63, 3.8) is 0 Å². The molecule has 0 aliphatic carbocycles. The Labute approximate surface area is 199 Å². The predicted octanol–water partition coefficient (Wildman–Crippen LogP) is 4.42. The molecule has 1 aromatic heterocycles. The Kier molecular flexibility index (Phi) is 8.90. The van der Waals surface area contributed by atoms with Crippen LogP contribution in [0.1, 0.15) is 19.8 Å². The number of esters is 1. The zero-order valence-electron chi connectivity index (χ0n) is 18.6. The van der Waals surface area contributed by atoms with Gasteiger partial charge in [0.25, 0.3) is 0 Å². The van der Waals surface area contributed by atoms with Gasteiger partial charge in [0.1, 0.15) is 34.1 Å². The molecule has 0 aliphatic rings. The summed E-state index contributed by atoms with van der Waals surface area (Å²) in [5, 5.41) is 0. The second-order valence-electron chi connectivity index (χ2n) is 6.84. The van der Waals surface area contributed by atoms with Crippen LogP contribution in [0.5, 0.6) is 11.5 Å². The van der Waals surface area contributed by atoms with Crippen LogP contribution in [-0.4, -0.2) is 43.0 Å². The molecule has 0 N–H and O–H groups in total. The molecule has 3 aromatic rings. The number of thioether (sulfide) groups is 1. The first kappa shape index (κ1) is 24.8. The number of thiazole rings is 1. The SMILES string of the molecule is CCOC(=O)Cn1c(=NC(=O)CCCSc2ccc(F)cc2)sc2c(OC)ccc(OC)c21. The Morgan fingerprint density at radius 2 is 1.79 bits per heavy atom. The second-order valence-corrected chi connectivity index (χ2v) is 8.98. The van der Waals surface area contributed by atoms with Gasteiger partial charge in [0, 0.05) is 11.3 Å². The molecule has 10 heteroatoms. The minimum absolute atomic E-state index is 0.107. The molecular formula is C23H25FN2O5S2. The number of amides is 1. The van der Waals surface area contributed by atoms with Gasteiger partial charge in [-0.25, -0.2) is 4.39 Å². The van der Waals surface area contributed by atoms with Crippen LogP contribution in [0.15, 0.2) is 46.3 Å². The normalized spacial score (nSPS) is 11.6. The molecule has 1 amide bonds. The first-order chi connectivity index (χ1) is 16.0. The van der Waals surface area contributed by atoms with Crippen LogP contribution in [-0.2, 0) is 20.9 Å². The van der Waals surface area contributed by atoms with E-state index >= 15 is 0 Å². The van der Waals surface area contributed by atoms with Crippen molar-refractivity contribution in [2.75, 3.05) is 26.6 Å². The predicted molar refractivity (Wildman–Crippen MR) is 126 cm³/mol. The second kappa shape index (κ2) is 11.9. The number of hydrogen-bond acceptors (Lipinski definition) is 7. The van der Waals surface area contributed by atoms with Crippen LogP contribution in [0.25, 0.3) is 10.2 Å². The van der Waals surface area contributed by atoms with Crippen LogP contribution in [0, 0.1) is 5.82 Å². The van der Waals surface area contributed by atoms with Crippen LogP contribution < -0.4 is 14.3 Å². The monoisotopic (exact) mass is 492 g/mol. The van der Waals surface area contributed by atoms with Gasteiger partial charge >= 0.3 is 5.97 Å². The number of benzene rings is 2. The molecular weight excluding hydrogens is 467 g/mol. The van der Waals surface area contributed by atoms with Crippen LogP contribution in [0.3, 0.4) is 0 Å². The third-order valence-corrected chi connectivity index (χ3v) is 6.81. The lowest BCUT2D eigenvalue weighted by Gasteiger charge is -2.09. The Balaban J connectivity index is 1.84. The number of rotatable bonds is 10. The number of methoxy groups -OCH3 is 2. The summed E-state index contributed by atoms with van der Waals surface area (Å²) in [5.41, 5.74) is 0.619. The van der Waals surface area contributed by atoms with Crippen LogP contribution in [0.2, 0.25) is 0 Å². The van der Waals surface area contributed by atoms with Gasteiger partial charge < -0.3 is 18.8 Å². The Morgan fingerprint density at radius 3 is 2.45 bits per heavy atom. The quantitative estimate of drug-likeness (QED) is 0.237. The van der Waals surface area contributed by atoms with Crippen LogP contribution >= 0.6 is 23.1 Å². The van der Waals surface area contributed by atoms with E-state index in [-0.39, 0.29) is 31.3 Å². The Morgan fingerprint density at radius 1 is 1.09 bits per heavy atom. The maximum atomic E-state index is 13.0. The summed E-state index contributed by atoms with van der Waals surface area (Å²) in [5.74, 6) is 0.822. The topological polar surface area (TPSA) is 79.1 Å². The molecule has 176 valence electrons. The van der Waals surface area contributed by atoms with E-state index in [9.17, 15) is 14.0 Å². The molecule has 0 aliphatic heterocycles. The highest BCUT2D eigenvalue weighted by atomic mass is 32.2. The molecule has 0 bridgehead atoms. The van der Waals surface area contributed by atoms with Gasteiger partial charge in [-0.3, -0.25) is 9.59 Å². The van der Waals surface area contributed by atoms with E-state index in [1.807, 2.05) is 0 Å². The van der Waals surface area contributed by atoms with Gasteiger partial charge in [0.2, 0.25) is 5.91 Å². The van der Waals surface area contributed by atoms with Gasteiger partial charge in [-0.15, -0.1) is 11.8 Å². The van der Waals surface area contributed by atoms with Crippen molar-refractivity contribution >= 4 is 45.2 Å². The minimum atomic E-state index is -0.438. The number of fused-ring (bicyclic) bond motifs is 1. The van der Waals surface area contributed by atoms with E-state index in [4.69, 9.17) is 14.2 Å². The Bertz CT molecular complexity index is 1190. The smallest absolute Gasteiger partial charge is 0.326 e. The van der Waals surface area contributed by atoms with Gasteiger partial charge in [-0.2, -0.15) is 4.99 Å². The number of carbonyl (C=O) groups is 2. The number of hydrogen-bond donors (Lipinski definition) is 0. The van der Waals surface area contributed by atoms with E-state index in [2.05, 4.69) is 4.99 Å². The molecule has 1 heterocycles. The summed E-state index contributed by atoms with van der Waals surface area (Å²) >= 11 is 2.80. The third kappa shape index (κ3) is 6.35. The molecule has 0 saturated heterocycles. The minimum Gasteiger partial charge on any atom is -0.495 e. The summed E-state index contributed by atoms with van der Waals surface area (Å²) < 4.78 is 31.4. The van der Waals surface area contributed by atoms with Crippen molar-refractivity contribution < 1.29 is 28.2 Å². The standard InChI is InChI=1S/C23H25FN2O5S2/c1-4-31-20(28)14-26-21-17(29-2)11-12-18(30-3)22(21)33-23(26)25-19(27)6-5-13-32-16-9-7-15(24)8-10-16/h7-12H,4-6,13-14H2,1-3H3. The van der Waals surface area contributed by atoms with Gasteiger partial charge in [-0.05, 0) is 55.5 Å².